The van der Waals surface area contributed by atoms with E-state index in [9.17, 15) is 19.8 Å². The van der Waals surface area contributed by atoms with Gasteiger partial charge in [-0.05, 0) is 35.4 Å². The van der Waals surface area contributed by atoms with Crippen molar-refractivity contribution in [1.29, 1.82) is 0 Å². The Bertz CT molecular complexity index is 1360. The molecule has 44 heavy (non-hydrogen) atoms. The number of benzene rings is 4. The molecule has 4 aromatic rings. The van der Waals surface area contributed by atoms with Crippen molar-refractivity contribution in [3.05, 3.63) is 119 Å². The van der Waals surface area contributed by atoms with Gasteiger partial charge in [-0.2, -0.15) is 0 Å². The lowest BCUT2D eigenvalue weighted by Gasteiger charge is -2.12. The maximum absolute atomic E-state index is 11.5. The van der Waals surface area contributed by atoms with Gasteiger partial charge in [0, 0.05) is 12.1 Å². The van der Waals surface area contributed by atoms with Gasteiger partial charge >= 0.3 is 11.9 Å². The van der Waals surface area contributed by atoms with Crippen molar-refractivity contribution in [3.63, 3.8) is 0 Å². The van der Waals surface area contributed by atoms with Crippen molar-refractivity contribution in [3.8, 4) is 23.0 Å². The van der Waals surface area contributed by atoms with Crippen molar-refractivity contribution in [2.45, 2.75) is 13.2 Å². The zero-order valence-corrected chi connectivity index (χ0v) is 24.1. The topological polar surface area (TPSA) is 130 Å². The molecule has 0 aliphatic rings. The number of ether oxygens (including phenoxy) is 6. The number of aromatic carboxylic acids is 2. The Labute approximate surface area is 255 Å². The molecule has 4 aromatic carbocycles. The second-order valence-corrected chi connectivity index (χ2v) is 9.47. The van der Waals surface area contributed by atoms with E-state index in [0.29, 0.717) is 49.4 Å². The van der Waals surface area contributed by atoms with Crippen LogP contribution in [0.3, 0.4) is 0 Å². The van der Waals surface area contributed by atoms with Gasteiger partial charge < -0.3 is 38.6 Å². The Balaban J connectivity index is 1.12. The predicted octanol–water partition coefficient (Wildman–Crippen LogP) is 5.73. The van der Waals surface area contributed by atoms with Crippen molar-refractivity contribution in [2.75, 3.05) is 39.6 Å². The maximum Gasteiger partial charge on any atom is 0.335 e. The van der Waals surface area contributed by atoms with Crippen molar-refractivity contribution < 1.29 is 48.2 Å². The third-order valence-corrected chi connectivity index (χ3v) is 6.12. The Hall–Kier alpha value is -5.06. The highest BCUT2D eigenvalue weighted by atomic mass is 16.6. The standard InChI is InChI=1S/C34H34O10/c35-33(36)27-17-29(21-31(19-27)43-23-25-7-3-1-4-8-25)41-15-13-39-11-12-40-14-16-42-30-18-28(34(37)38)20-32(22-30)44-24-26-9-5-2-6-10-26/h1-10,17-22H,11-16,23-24H2,(H,35,36)(H,37,38). The van der Waals surface area contributed by atoms with Crippen LogP contribution in [0.25, 0.3) is 0 Å². The summed E-state index contributed by atoms with van der Waals surface area (Å²) in [6, 6.07) is 28.2. The first kappa shape index (κ1) is 31.9. The van der Waals surface area contributed by atoms with Gasteiger partial charge in [0.15, 0.2) is 0 Å². The van der Waals surface area contributed by atoms with Gasteiger partial charge in [-0.15, -0.1) is 0 Å². The van der Waals surface area contributed by atoms with E-state index in [1.807, 2.05) is 60.7 Å². The number of carbonyl (C=O) groups is 2. The fraction of sp³-hybridized carbons (Fsp3) is 0.235. The molecule has 0 unspecified atom stereocenters. The molecule has 0 aliphatic heterocycles. The highest BCUT2D eigenvalue weighted by Gasteiger charge is 2.11. The third-order valence-electron chi connectivity index (χ3n) is 6.12. The monoisotopic (exact) mass is 602 g/mol. The molecule has 0 aromatic heterocycles. The lowest BCUT2D eigenvalue weighted by molar-refractivity contribution is 0.0273. The van der Waals surface area contributed by atoms with Crippen LogP contribution in [0.15, 0.2) is 97.1 Å². The van der Waals surface area contributed by atoms with Crippen LogP contribution in [0.4, 0.5) is 0 Å². The number of rotatable bonds is 19. The highest BCUT2D eigenvalue weighted by molar-refractivity contribution is 5.89. The second kappa shape index (κ2) is 17.2. The third kappa shape index (κ3) is 11.0. The zero-order chi connectivity index (χ0) is 31.0. The number of carboxylic acid groups (broad SMARTS) is 2. The predicted molar refractivity (Wildman–Crippen MR) is 161 cm³/mol. The molecule has 10 nitrogen and oxygen atoms in total. The van der Waals surface area contributed by atoms with Gasteiger partial charge in [0.2, 0.25) is 0 Å². The van der Waals surface area contributed by atoms with Gasteiger partial charge in [-0.3, -0.25) is 0 Å². The molecule has 0 aliphatic carbocycles. The number of carboxylic acids is 2. The van der Waals surface area contributed by atoms with Crippen LogP contribution in [-0.4, -0.2) is 61.8 Å². The molecule has 0 fully saturated rings. The first-order valence-corrected chi connectivity index (χ1v) is 14.0. The second-order valence-electron chi connectivity index (χ2n) is 9.47. The van der Waals surface area contributed by atoms with E-state index in [1.54, 1.807) is 12.1 Å². The van der Waals surface area contributed by atoms with E-state index in [1.165, 1.54) is 24.3 Å². The Morgan fingerprint density at radius 3 is 1.16 bits per heavy atom. The molecular weight excluding hydrogens is 568 g/mol. The Morgan fingerprint density at radius 2 is 0.795 bits per heavy atom. The van der Waals surface area contributed by atoms with Crippen LogP contribution in [-0.2, 0) is 22.7 Å². The van der Waals surface area contributed by atoms with Gasteiger partial charge in [0.25, 0.3) is 0 Å². The van der Waals surface area contributed by atoms with Gasteiger partial charge in [-0.1, -0.05) is 60.7 Å². The molecule has 4 rings (SSSR count). The molecule has 0 amide bonds. The van der Waals surface area contributed by atoms with E-state index in [0.717, 1.165) is 11.1 Å². The summed E-state index contributed by atoms with van der Waals surface area (Å²) >= 11 is 0. The van der Waals surface area contributed by atoms with E-state index >= 15 is 0 Å². The SMILES string of the molecule is O=C(O)c1cc(OCCOCCOCCOc2cc(OCc3ccccc3)cc(C(=O)O)c2)cc(OCc2ccccc2)c1. The summed E-state index contributed by atoms with van der Waals surface area (Å²) in [6.07, 6.45) is 0. The van der Waals surface area contributed by atoms with Crippen LogP contribution in [0.2, 0.25) is 0 Å². The maximum atomic E-state index is 11.5. The first-order valence-electron chi connectivity index (χ1n) is 14.0. The van der Waals surface area contributed by atoms with E-state index < -0.39 is 11.9 Å². The fourth-order valence-corrected chi connectivity index (χ4v) is 3.96. The summed E-state index contributed by atoms with van der Waals surface area (Å²) in [5, 5.41) is 18.9. The van der Waals surface area contributed by atoms with Gasteiger partial charge in [-0.25, -0.2) is 9.59 Å². The summed E-state index contributed by atoms with van der Waals surface area (Å²) in [5.74, 6) is -0.638. The average molecular weight is 603 g/mol. The minimum Gasteiger partial charge on any atom is -0.491 e. The largest absolute Gasteiger partial charge is 0.491 e. The van der Waals surface area contributed by atoms with Crippen LogP contribution >= 0.6 is 0 Å². The molecule has 0 heterocycles. The lowest BCUT2D eigenvalue weighted by Crippen LogP contribution is -2.13. The number of hydrogen-bond acceptors (Lipinski definition) is 8. The summed E-state index contributed by atoms with van der Waals surface area (Å²) in [7, 11) is 0. The minimum atomic E-state index is -1.08. The van der Waals surface area contributed by atoms with Crippen LogP contribution < -0.4 is 18.9 Å². The molecule has 230 valence electrons. The van der Waals surface area contributed by atoms with E-state index in [-0.39, 0.29) is 37.6 Å². The normalized spacial score (nSPS) is 10.6. The number of hydrogen-bond donors (Lipinski definition) is 2. The van der Waals surface area contributed by atoms with Gasteiger partial charge in [0.05, 0.1) is 37.6 Å². The van der Waals surface area contributed by atoms with Crippen molar-refractivity contribution in [1.82, 2.24) is 0 Å². The summed E-state index contributed by atoms with van der Waals surface area (Å²) in [5.41, 5.74) is 2.05. The van der Waals surface area contributed by atoms with E-state index in [2.05, 4.69) is 0 Å². The molecule has 10 heteroatoms. The van der Waals surface area contributed by atoms with Crippen LogP contribution in [0.1, 0.15) is 31.8 Å². The Kier molecular flexibility index (Phi) is 12.4. The molecule has 0 atom stereocenters. The Morgan fingerprint density at radius 1 is 0.455 bits per heavy atom. The fourth-order valence-electron chi connectivity index (χ4n) is 3.96. The highest BCUT2D eigenvalue weighted by Crippen LogP contribution is 2.25. The van der Waals surface area contributed by atoms with Crippen molar-refractivity contribution in [2.24, 2.45) is 0 Å². The van der Waals surface area contributed by atoms with Crippen molar-refractivity contribution >= 4 is 11.9 Å². The summed E-state index contributed by atoms with van der Waals surface area (Å²) in [6.45, 7) is 2.19. The molecule has 0 spiro atoms. The minimum absolute atomic E-state index is 0.0627. The molecule has 0 bridgehead atoms. The summed E-state index contributed by atoms with van der Waals surface area (Å²) < 4.78 is 33.9. The zero-order valence-electron chi connectivity index (χ0n) is 24.1. The average Bonchev–Trinajstić information content (AvgIpc) is 3.04. The molecule has 0 saturated carbocycles. The smallest absolute Gasteiger partial charge is 0.335 e. The molecular formula is C34H34O10. The van der Waals surface area contributed by atoms with E-state index in [4.69, 9.17) is 28.4 Å². The summed E-state index contributed by atoms with van der Waals surface area (Å²) in [4.78, 5) is 23.1. The molecule has 0 radical (unpaired) electrons. The first-order chi connectivity index (χ1) is 21.5. The molecule has 0 saturated heterocycles. The lowest BCUT2D eigenvalue weighted by atomic mass is 10.2. The quantitative estimate of drug-likeness (QED) is 0.128. The molecule has 2 N–H and O–H groups in total. The van der Waals surface area contributed by atoms with Crippen LogP contribution in [0.5, 0.6) is 23.0 Å². The van der Waals surface area contributed by atoms with Gasteiger partial charge in [0.1, 0.15) is 49.4 Å². The van der Waals surface area contributed by atoms with Crippen LogP contribution in [0, 0.1) is 0 Å².